The van der Waals surface area contributed by atoms with Crippen molar-refractivity contribution in [2.45, 2.75) is 19.1 Å². The fourth-order valence-corrected chi connectivity index (χ4v) is 2.06. The van der Waals surface area contributed by atoms with Crippen molar-refractivity contribution in [3.63, 3.8) is 0 Å². The molecule has 1 aliphatic heterocycles. The predicted octanol–water partition coefficient (Wildman–Crippen LogP) is 1.28. The highest BCUT2D eigenvalue weighted by molar-refractivity contribution is 5.51. The molecule has 0 saturated carbocycles. The van der Waals surface area contributed by atoms with E-state index in [0.29, 0.717) is 18.8 Å². The summed E-state index contributed by atoms with van der Waals surface area (Å²) in [4.78, 5) is 1.98. The molecule has 96 valence electrons. The van der Waals surface area contributed by atoms with Gasteiger partial charge in [-0.05, 0) is 25.1 Å². The summed E-state index contributed by atoms with van der Waals surface area (Å²) < 4.78 is 19.0. The zero-order chi connectivity index (χ0) is 13.1. The lowest BCUT2D eigenvalue weighted by Crippen LogP contribution is -2.49. The van der Waals surface area contributed by atoms with Crippen LogP contribution in [0, 0.1) is 17.1 Å². The first-order valence-corrected chi connectivity index (χ1v) is 5.84. The average molecular weight is 250 g/mol. The van der Waals surface area contributed by atoms with Crippen molar-refractivity contribution in [2.75, 3.05) is 24.7 Å². The molecule has 1 aromatic carbocycles. The molecule has 2 atom stereocenters. The monoisotopic (exact) mass is 250 g/mol. The summed E-state index contributed by atoms with van der Waals surface area (Å²) in [5.41, 5.74) is 0.749. The Morgan fingerprint density at radius 2 is 2.39 bits per heavy atom. The number of aliphatic hydroxyl groups excluding tert-OH is 1. The van der Waals surface area contributed by atoms with E-state index in [4.69, 9.17) is 15.1 Å². The van der Waals surface area contributed by atoms with Gasteiger partial charge in [0.05, 0.1) is 24.9 Å². The van der Waals surface area contributed by atoms with Crippen LogP contribution in [-0.4, -0.2) is 37.0 Å². The van der Waals surface area contributed by atoms with Crippen molar-refractivity contribution in [3.05, 3.63) is 29.6 Å². The van der Waals surface area contributed by atoms with Crippen LogP contribution in [0.3, 0.4) is 0 Å². The molecule has 0 radical (unpaired) electrons. The van der Waals surface area contributed by atoms with Crippen molar-refractivity contribution in [1.82, 2.24) is 0 Å². The first-order valence-electron chi connectivity index (χ1n) is 5.84. The Balaban J connectivity index is 2.24. The van der Waals surface area contributed by atoms with Crippen molar-refractivity contribution < 1.29 is 14.2 Å². The van der Waals surface area contributed by atoms with Crippen LogP contribution in [0.1, 0.15) is 12.5 Å². The Kier molecular flexibility index (Phi) is 3.80. The highest BCUT2D eigenvalue weighted by atomic mass is 19.1. The van der Waals surface area contributed by atoms with E-state index in [1.165, 1.54) is 12.1 Å². The number of aliphatic hydroxyl groups is 1. The summed E-state index contributed by atoms with van der Waals surface area (Å²) >= 11 is 0. The van der Waals surface area contributed by atoms with E-state index in [-0.39, 0.29) is 24.3 Å². The van der Waals surface area contributed by atoms with Crippen molar-refractivity contribution >= 4 is 5.69 Å². The summed E-state index contributed by atoms with van der Waals surface area (Å²) in [5.74, 6) is -0.519. The van der Waals surface area contributed by atoms with Crippen LogP contribution in [-0.2, 0) is 4.74 Å². The smallest absolute Gasteiger partial charge is 0.143 e. The number of hydrogen-bond acceptors (Lipinski definition) is 4. The molecule has 0 bridgehead atoms. The van der Waals surface area contributed by atoms with E-state index in [0.717, 1.165) is 0 Å². The minimum atomic E-state index is -0.519. The van der Waals surface area contributed by atoms with E-state index < -0.39 is 5.82 Å². The molecule has 0 aromatic heterocycles. The quantitative estimate of drug-likeness (QED) is 0.859. The van der Waals surface area contributed by atoms with Crippen molar-refractivity contribution in [3.8, 4) is 6.07 Å². The summed E-state index contributed by atoms with van der Waals surface area (Å²) in [6.45, 7) is 2.93. The molecule has 0 spiro atoms. The molecule has 1 aromatic rings. The molecule has 1 N–H and O–H groups in total. The van der Waals surface area contributed by atoms with Gasteiger partial charge in [-0.25, -0.2) is 4.39 Å². The van der Waals surface area contributed by atoms with Crippen LogP contribution in [0.15, 0.2) is 18.2 Å². The van der Waals surface area contributed by atoms with Gasteiger partial charge in [0.15, 0.2) is 0 Å². The number of benzene rings is 1. The van der Waals surface area contributed by atoms with Gasteiger partial charge in [0.1, 0.15) is 11.9 Å². The first kappa shape index (κ1) is 12.8. The molecule has 2 rings (SSSR count). The SMILES string of the molecule is CC1COC(CO)CN1c1ccc(C#N)c(F)c1. The Morgan fingerprint density at radius 1 is 1.61 bits per heavy atom. The summed E-state index contributed by atoms with van der Waals surface area (Å²) in [6.07, 6.45) is -0.250. The Bertz CT molecular complexity index is 473. The second kappa shape index (κ2) is 5.34. The molecular weight excluding hydrogens is 235 g/mol. The zero-order valence-corrected chi connectivity index (χ0v) is 10.1. The minimum absolute atomic E-state index is 0.0402. The summed E-state index contributed by atoms with van der Waals surface area (Å²) in [7, 11) is 0. The molecule has 4 nitrogen and oxygen atoms in total. The Labute approximate surface area is 105 Å². The van der Waals surface area contributed by atoms with Gasteiger partial charge in [0, 0.05) is 18.3 Å². The van der Waals surface area contributed by atoms with Gasteiger partial charge in [-0.3, -0.25) is 0 Å². The third-order valence-corrected chi connectivity index (χ3v) is 3.11. The third kappa shape index (κ3) is 2.45. The van der Waals surface area contributed by atoms with Crippen molar-refractivity contribution in [2.24, 2.45) is 0 Å². The number of nitriles is 1. The number of nitrogens with zero attached hydrogens (tertiary/aromatic N) is 2. The minimum Gasteiger partial charge on any atom is -0.394 e. The van der Waals surface area contributed by atoms with E-state index in [1.54, 1.807) is 12.1 Å². The lowest BCUT2D eigenvalue weighted by atomic mass is 10.1. The number of halogens is 1. The second-order valence-electron chi connectivity index (χ2n) is 4.42. The van der Waals surface area contributed by atoms with Crippen molar-refractivity contribution in [1.29, 1.82) is 5.26 Å². The number of ether oxygens (including phenoxy) is 1. The van der Waals surface area contributed by atoms with Gasteiger partial charge in [-0.1, -0.05) is 0 Å². The highest BCUT2D eigenvalue weighted by Crippen LogP contribution is 2.23. The number of morpholine rings is 1. The maximum absolute atomic E-state index is 13.6. The molecular formula is C13H15FN2O2. The largest absolute Gasteiger partial charge is 0.394 e. The molecule has 18 heavy (non-hydrogen) atoms. The molecule has 1 heterocycles. The Morgan fingerprint density at radius 3 is 3.00 bits per heavy atom. The number of hydrogen-bond donors (Lipinski definition) is 1. The van der Waals surface area contributed by atoms with Crippen LogP contribution in [0.4, 0.5) is 10.1 Å². The normalized spacial score (nSPS) is 23.8. The Hall–Kier alpha value is -1.64. The molecule has 1 aliphatic rings. The van der Waals surface area contributed by atoms with Crippen LogP contribution in [0.2, 0.25) is 0 Å². The molecule has 0 aliphatic carbocycles. The standard InChI is InChI=1S/C13H15FN2O2/c1-9-8-18-12(7-17)6-16(9)11-3-2-10(5-15)13(14)4-11/h2-4,9,12,17H,6-8H2,1H3. The second-order valence-corrected chi connectivity index (χ2v) is 4.42. The maximum Gasteiger partial charge on any atom is 0.143 e. The third-order valence-electron chi connectivity index (χ3n) is 3.11. The molecule has 2 unspecified atom stereocenters. The van der Waals surface area contributed by atoms with E-state index in [1.807, 2.05) is 11.8 Å². The lowest BCUT2D eigenvalue weighted by molar-refractivity contribution is -0.0103. The maximum atomic E-state index is 13.6. The summed E-state index contributed by atoms with van der Waals surface area (Å²) in [6, 6.07) is 6.46. The lowest BCUT2D eigenvalue weighted by Gasteiger charge is -2.39. The molecule has 1 fully saturated rings. The zero-order valence-electron chi connectivity index (χ0n) is 10.1. The fraction of sp³-hybridized carbons (Fsp3) is 0.462. The molecule has 0 amide bonds. The molecule has 5 heteroatoms. The first-order chi connectivity index (χ1) is 8.65. The van der Waals surface area contributed by atoms with Gasteiger partial charge >= 0.3 is 0 Å². The topological polar surface area (TPSA) is 56.5 Å². The van der Waals surface area contributed by atoms with E-state index >= 15 is 0 Å². The number of anilines is 1. The van der Waals surface area contributed by atoms with Gasteiger partial charge in [0.25, 0.3) is 0 Å². The molecule has 1 saturated heterocycles. The average Bonchev–Trinajstić information content (AvgIpc) is 2.39. The predicted molar refractivity (Wildman–Crippen MR) is 64.7 cm³/mol. The van der Waals surface area contributed by atoms with E-state index in [2.05, 4.69) is 0 Å². The van der Waals surface area contributed by atoms with Crippen LogP contribution >= 0.6 is 0 Å². The van der Waals surface area contributed by atoms with Gasteiger partial charge in [0.2, 0.25) is 0 Å². The summed E-state index contributed by atoms with van der Waals surface area (Å²) in [5, 5.41) is 17.8. The van der Waals surface area contributed by atoms with Gasteiger partial charge in [-0.2, -0.15) is 5.26 Å². The van der Waals surface area contributed by atoms with Crippen LogP contribution in [0.25, 0.3) is 0 Å². The highest BCUT2D eigenvalue weighted by Gasteiger charge is 2.26. The van der Waals surface area contributed by atoms with Crippen LogP contribution < -0.4 is 4.90 Å². The van der Waals surface area contributed by atoms with Crippen LogP contribution in [0.5, 0.6) is 0 Å². The van der Waals surface area contributed by atoms with Gasteiger partial charge < -0.3 is 14.7 Å². The van der Waals surface area contributed by atoms with Gasteiger partial charge in [-0.15, -0.1) is 0 Å². The fourth-order valence-electron chi connectivity index (χ4n) is 2.06. The number of rotatable bonds is 2. The van der Waals surface area contributed by atoms with E-state index in [9.17, 15) is 4.39 Å².